The lowest BCUT2D eigenvalue weighted by Gasteiger charge is -2.13. The van der Waals surface area contributed by atoms with Gasteiger partial charge in [-0.3, -0.25) is 0 Å². The number of rotatable bonds is 5. The largest absolute Gasteiger partial charge is 0.309 e. The van der Waals surface area contributed by atoms with Crippen LogP contribution < -0.4 is 0 Å². The highest BCUT2D eigenvalue weighted by molar-refractivity contribution is 6.17. The highest BCUT2D eigenvalue weighted by Crippen LogP contribution is 2.41. The Kier molecular flexibility index (Phi) is 4.69. The minimum Gasteiger partial charge on any atom is -0.309 e. The maximum absolute atomic E-state index is 9.57. The number of nitrogens with zero attached hydrogens (tertiary/aromatic N) is 3. The first kappa shape index (κ1) is 21.5. The fourth-order valence-electron chi connectivity index (χ4n) is 8.47. The molecule has 3 nitrogen and oxygen atoms in total. The Balaban J connectivity index is 1.09. The maximum Gasteiger partial charge on any atom is 0.0645 e. The Morgan fingerprint density at radius 2 is 0.737 bits per heavy atom. The number of para-hydroxylation sites is 4. The van der Waals surface area contributed by atoms with E-state index in [9.17, 15) is 5.48 Å². The van der Waals surface area contributed by atoms with Crippen LogP contribution in [0.4, 0.5) is 0 Å². The molecule has 12 aromatic rings. The van der Waals surface area contributed by atoms with Gasteiger partial charge in [-0.15, -0.1) is 0 Å². The Morgan fingerprint density at radius 1 is 0.298 bits per heavy atom. The summed E-state index contributed by atoms with van der Waals surface area (Å²) in [4.78, 5) is 0. The first-order valence-electron chi connectivity index (χ1n) is 25.1. The third-order valence-corrected chi connectivity index (χ3v) is 10.9. The number of aromatic nitrogens is 3. The summed E-state index contributed by atoms with van der Waals surface area (Å²) in [5.41, 5.74) is 4.84. The van der Waals surface area contributed by atoms with E-state index in [1.807, 2.05) is 54.6 Å². The van der Waals surface area contributed by atoms with Gasteiger partial charge in [-0.05, 0) is 82.9 Å². The minimum absolute atomic E-state index is 0.0935. The molecule has 0 spiro atoms. The van der Waals surface area contributed by atoms with Gasteiger partial charge in [0.15, 0.2) is 0 Å². The number of benzene rings is 9. The van der Waals surface area contributed by atoms with Crippen LogP contribution in [0.25, 0.3) is 105 Å². The Morgan fingerprint density at radius 3 is 1.33 bits per heavy atom. The first-order chi connectivity index (χ1) is 33.7. The Labute approximate surface area is 347 Å². The molecule has 0 aliphatic rings. The zero-order valence-corrected chi connectivity index (χ0v) is 30.0. The molecule has 3 heteroatoms. The van der Waals surface area contributed by atoms with Crippen LogP contribution in [0.5, 0.6) is 0 Å². The van der Waals surface area contributed by atoms with Crippen LogP contribution >= 0.6 is 0 Å². The van der Waals surface area contributed by atoms with E-state index in [1.165, 1.54) is 0 Å². The van der Waals surface area contributed by atoms with Crippen molar-refractivity contribution in [3.63, 3.8) is 0 Å². The van der Waals surface area contributed by atoms with Gasteiger partial charge in [0.2, 0.25) is 0 Å². The molecule has 0 saturated heterocycles. The summed E-state index contributed by atoms with van der Waals surface area (Å²) in [6, 6.07) is 35.9. The van der Waals surface area contributed by atoms with Crippen LogP contribution in [-0.4, -0.2) is 13.7 Å². The molecule has 0 unspecified atom stereocenters. The molecular formula is C54H35N3. The van der Waals surface area contributed by atoms with Gasteiger partial charge in [0.1, 0.15) is 0 Å². The zero-order chi connectivity index (χ0) is 48.8. The van der Waals surface area contributed by atoms with Crippen molar-refractivity contribution >= 4 is 65.4 Å². The second-order valence-electron chi connectivity index (χ2n) is 13.9. The van der Waals surface area contributed by atoms with Gasteiger partial charge < -0.3 is 13.7 Å². The molecule has 12 rings (SSSR count). The molecule has 0 amide bonds. The van der Waals surface area contributed by atoms with E-state index in [-0.39, 0.29) is 5.69 Å². The standard InChI is InChI=1S/C54H35N3/c1-2-13-36(14-3-1)37-25-27-38(28-26-37)39-29-31-40(32-30-39)55-47-19-8-4-17-44(47)45-34-33-41(35-53(45)55)56-50-22-11-7-18-46(50)54-51(56)23-12-24-52(54)57-48-20-9-5-15-42(48)43-16-6-10-21-49(43)57/h1-35H/i1D,2D,3D,13D,14D,25D,26D,27D,28D,29D,30D,31D,32D. The third-order valence-electron chi connectivity index (χ3n) is 10.9. The van der Waals surface area contributed by atoms with Crippen LogP contribution in [0.2, 0.25) is 0 Å². The first-order valence-corrected chi connectivity index (χ1v) is 18.6. The topological polar surface area (TPSA) is 14.8 Å². The fraction of sp³-hybridized carbons (Fsp3) is 0. The molecule has 0 aliphatic heterocycles. The van der Waals surface area contributed by atoms with Gasteiger partial charge in [0, 0.05) is 43.7 Å². The lowest BCUT2D eigenvalue weighted by molar-refractivity contribution is 1.15. The Bertz CT molecular complexity index is 4160. The SMILES string of the molecule is [2H]c1c([2H])c([2H])c(-c2c([2H])c([2H])c(-c3c([2H])c([2H])c(-n4c5ccccc5c5ccc(-n6c7ccccc7c7c(-n8c9ccccc9c9ccccc98)cccc76)cc54)c([2H])c3[2H])c([2H])c2[2H])c([2H])c1[2H]. The quantitative estimate of drug-likeness (QED) is 0.167. The van der Waals surface area contributed by atoms with Crippen molar-refractivity contribution < 1.29 is 17.8 Å². The average Bonchev–Trinajstić information content (AvgIpc) is 4.02. The van der Waals surface area contributed by atoms with E-state index >= 15 is 0 Å². The summed E-state index contributed by atoms with van der Waals surface area (Å²) in [7, 11) is 0. The van der Waals surface area contributed by atoms with Crippen molar-refractivity contribution in [1.82, 2.24) is 13.7 Å². The van der Waals surface area contributed by atoms with Crippen molar-refractivity contribution in [3.05, 3.63) is 212 Å². The average molecular weight is 739 g/mol. The van der Waals surface area contributed by atoms with Gasteiger partial charge in [-0.1, -0.05) is 151 Å². The molecule has 0 aliphatic carbocycles. The lowest BCUT2D eigenvalue weighted by atomic mass is 10.0. The molecule has 3 heterocycles. The predicted molar refractivity (Wildman–Crippen MR) is 240 cm³/mol. The van der Waals surface area contributed by atoms with Gasteiger partial charge >= 0.3 is 0 Å². The van der Waals surface area contributed by atoms with Crippen molar-refractivity contribution in [2.45, 2.75) is 0 Å². The molecule has 3 aromatic heterocycles. The Hall–Kier alpha value is -7.62. The van der Waals surface area contributed by atoms with E-state index < -0.39 is 101 Å². The summed E-state index contributed by atoms with van der Waals surface area (Å²) in [6.07, 6.45) is 0. The van der Waals surface area contributed by atoms with E-state index in [1.54, 1.807) is 4.57 Å². The van der Waals surface area contributed by atoms with E-state index in [4.69, 9.17) is 12.3 Å². The van der Waals surface area contributed by atoms with E-state index in [2.05, 4.69) is 88.0 Å². The predicted octanol–water partition coefficient (Wildman–Crippen LogP) is 14.3. The van der Waals surface area contributed by atoms with E-state index in [0.717, 1.165) is 65.8 Å². The summed E-state index contributed by atoms with van der Waals surface area (Å²) in [5.74, 6) is 0. The molecule has 0 N–H and O–H groups in total. The van der Waals surface area contributed by atoms with Crippen LogP contribution in [0.3, 0.4) is 0 Å². The minimum atomic E-state index is -0.766. The second-order valence-corrected chi connectivity index (χ2v) is 13.9. The highest BCUT2D eigenvalue weighted by Gasteiger charge is 2.20. The van der Waals surface area contributed by atoms with Crippen molar-refractivity contribution in [2.75, 3.05) is 0 Å². The molecule has 0 fully saturated rings. The number of hydrogen-bond acceptors (Lipinski definition) is 0. The summed E-state index contributed by atoms with van der Waals surface area (Å²) < 4.78 is 122. The lowest BCUT2D eigenvalue weighted by Crippen LogP contribution is -1.98. The van der Waals surface area contributed by atoms with Gasteiger partial charge in [-0.2, -0.15) is 0 Å². The zero-order valence-electron chi connectivity index (χ0n) is 43.0. The molecule has 266 valence electrons. The monoisotopic (exact) mass is 738 g/mol. The van der Waals surface area contributed by atoms with Gasteiger partial charge in [0.05, 0.1) is 56.6 Å². The summed E-state index contributed by atoms with van der Waals surface area (Å²) in [5, 5.41) is 5.94. The van der Waals surface area contributed by atoms with Crippen LogP contribution in [0.1, 0.15) is 17.8 Å². The van der Waals surface area contributed by atoms with Crippen molar-refractivity contribution in [3.8, 4) is 39.3 Å². The number of fused-ring (bicyclic) bond motifs is 9. The summed E-state index contributed by atoms with van der Waals surface area (Å²) in [6.45, 7) is 0. The van der Waals surface area contributed by atoms with Crippen LogP contribution in [-0.2, 0) is 0 Å². The summed E-state index contributed by atoms with van der Waals surface area (Å²) >= 11 is 0. The fourth-order valence-corrected chi connectivity index (χ4v) is 8.47. The molecule has 57 heavy (non-hydrogen) atoms. The molecular weight excluding hydrogens is 691 g/mol. The molecule has 0 saturated carbocycles. The van der Waals surface area contributed by atoms with Gasteiger partial charge in [0.25, 0.3) is 0 Å². The molecule has 0 atom stereocenters. The second kappa shape index (κ2) is 12.5. The maximum atomic E-state index is 9.57. The van der Waals surface area contributed by atoms with Gasteiger partial charge in [-0.25, -0.2) is 0 Å². The van der Waals surface area contributed by atoms with E-state index in [0.29, 0.717) is 11.0 Å². The highest BCUT2D eigenvalue weighted by atomic mass is 15.0. The molecule has 0 radical (unpaired) electrons. The normalized spacial score (nSPS) is 15.1. The third kappa shape index (κ3) is 4.79. The van der Waals surface area contributed by atoms with Crippen LogP contribution in [0.15, 0.2) is 212 Å². The van der Waals surface area contributed by atoms with Crippen molar-refractivity contribution in [1.29, 1.82) is 0 Å². The van der Waals surface area contributed by atoms with Crippen LogP contribution in [0, 0.1) is 0 Å². The number of hydrogen-bond donors (Lipinski definition) is 0. The molecule has 9 aromatic carbocycles. The molecule has 0 bridgehead atoms. The smallest absolute Gasteiger partial charge is 0.0645 e. The van der Waals surface area contributed by atoms with Crippen molar-refractivity contribution in [2.24, 2.45) is 0 Å².